The van der Waals surface area contributed by atoms with E-state index in [1.165, 1.54) is 99.6 Å². The standard InChI is InChI=1S/2C9H20N.2F6P/c2*1-3-7-10(2)8-5-4-6-9-10;2*1-7(2,3,4,5)6/h2*3-9H2,1-2H3;;/q2*+1;2*-1. The minimum atomic E-state index is -10.7. The fourth-order valence-corrected chi connectivity index (χ4v) is 4.08. The van der Waals surface area contributed by atoms with Gasteiger partial charge in [-0.2, -0.15) is 0 Å². The predicted molar refractivity (Wildman–Crippen MR) is 117 cm³/mol. The third-order valence-corrected chi connectivity index (χ3v) is 5.32. The number of hydrogen-bond acceptors (Lipinski definition) is 0. The minimum absolute atomic E-state index is 1.34. The molecule has 0 aliphatic carbocycles. The second-order valence-electron chi connectivity index (χ2n) is 9.62. The first kappa shape index (κ1) is 36.1. The summed E-state index contributed by atoms with van der Waals surface area (Å²) in [6.07, 6.45) is 11.4. The van der Waals surface area contributed by atoms with Crippen molar-refractivity contribution in [2.24, 2.45) is 0 Å². The van der Waals surface area contributed by atoms with E-state index >= 15 is 0 Å². The predicted octanol–water partition coefficient (Wildman–Crippen LogP) is 10.8. The molecule has 0 spiro atoms. The molecule has 34 heavy (non-hydrogen) atoms. The van der Waals surface area contributed by atoms with E-state index in [1.54, 1.807) is 0 Å². The van der Waals surface area contributed by atoms with Crippen molar-refractivity contribution in [1.82, 2.24) is 0 Å². The van der Waals surface area contributed by atoms with Crippen LogP contribution < -0.4 is 0 Å². The molecule has 16 heteroatoms. The zero-order valence-corrected chi connectivity index (χ0v) is 22.0. The Balaban J connectivity index is 0. The van der Waals surface area contributed by atoms with Gasteiger partial charge in [-0.3, -0.25) is 0 Å². The molecule has 0 unspecified atom stereocenters. The second kappa shape index (κ2) is 10.7. The Labute approximate surface area is 194 Å². The van der Waals surface area contributed by atoms with Crippen LogP contribution in [0.4, 0.5) is 50.4 Å². The van der Waals surface area contributed by atoms with Crippen LogP contribution >= 0.6 is 15.6 Å². The maximum absolute atomic E-state index is 10.7. The van der Waals surface area contributed by atoms with Crippen molar-refractivity contribution in [2.45, 2.75) is 65.2 Å². The van der Waals surface area contributed by atoms with Crippen molar-refractivity contribution < 1.29 is 59.3 Å². The number of hydrogen-bond donors (Lipinski definition) is 0. The molecule has 216 valence electrons. The van der Waals surface area contributed by atoms with Crippen molar-refractivity contribution in [3.63, 3.8) is 0 Å². The van der Waals surface area contributed by atoms with Gasteiger partial charge in [-0.15, -0.1) is 0 Å². The Bertz CT molecular complexity index is 501. The molecule has 2 aliphatic rings. The summed E-state index contributed by atoms with van der Waals surface area (Å²) in [6.45, 7) is 13.1. The van der Waals surface area contributed by atoms with Crippen LogP contribution in [0.3, 0.4) is 0 Å². The van der Waals surface area contributed by atoms with Gasteiger partial charge in [0.25, 0.3) is 0 Å². The number of nitrogens with zero attached hydrogens (tertiary/aromatic N) is 2. The second-order valence-corrected chi connectivity index (χ2v) is 13.5. The fraction of sp³-hybridized carbons (Fsp3) is 1.00. The molecular weight excluding hydrogens is 534 g/mol. The van der Waals surface area contributed by atoms with E-state index < -0.39 is 15.6 Å². The molecule has 2 rings (SSSR count). The Morgan fingerprint density at radius 2 is 0.618 bits per heavy atom. The fourth-order valence-electron chi connectivity index (χ4n) is 4.08. The SMILES string of the molecule is CCC[N+]1(C)CCCCC1.CCC[N+]1(C)CCCCC1.F[P-](F)(F)(F)(F)F.F[P-](F)(F)(F)(F)F. The number of quaternary nitrogens is 2. The van der Waals surface area contributed by atoms with Crippen molar-refractivity contribution in [3.05, 3.63) is 0 Å². The topological polar surface area (TPSA) is 0 Å². The van der Waals surface area contributed by atoms with Gasteiger partial charge in [0.05, 0.1) is 53.4 Å². The van der Waals surface area contributed by atoms with E-state index in [9.17, 15) is 50.4 Å². The van der Waals surface area contributed by atoms with Crippen molar-refractivity contribution in [1.29, 1.82) is 0 Å². The Morgan fingerprint density at radius 1 is 0.441 bits per heavy atom. The summed E-state index contributed by atoms with van der Waals surface area (Å²) in [5, 5.41) is 0. The van der Waals surface area contributed by atoms with Gasteiger partial charge < -0.3 is 8.97 Å². The maximum atomic E-state index is 9.87. The van der Waals surface area contributed by atoms with Crippen LogP contribution in [0.1, 0.15) is 65.2 Å². The van der Waals surface area contributed by atoms with Gasteiger partial charge in [0.2, 0.25) is 0 Å². The monoisotopic (exact) mass is 574 g/mol. The first-order chi connectivity index (χ1) is 14.4. The van der Waals surface area contributed by atoms with Crippen LogP contribution in [0.25, 0.3) is 0 Å². The number of likely N-dealkylation sites (tertiary alicyclic amines) is 2. The quantitative estimate of drug-likeness (QED) is 0.178. The first-order valence-electron chi connectivity index (χ1n) is 11.2. The molecule has 0 N–H and O–H groups in total. The zero-order valence-electron chi connectivity index (χ0n) is 20.2. The molecule has 0 aromatic rings. The van der Waals surface area contributed by atoms with Crippen molar-refractivity contribution in [3.8, 4) is 0 Å². The molecule has 0 radical (unpaired) electrons. The third-order valence-electron chi connectivity index (χ3n) is 5.32. The molecule has 2 heterocycles. The normalized spacial score (nSPS) is 24.0. The van der Waals surface area contributed by atoms with Gasteiger partial charge in [0, 0.05) is 0 Å². The summed E-state index contributed by atoms with van der Waals surface area (Å²) in [6, 6.07) is 0. The molecule has 0 bridgehead atoms. The van der Waals surface area contributed by atoms with E-state index in [-0.39, 0.29) is 0 Å². The molecule has 0 aromatic carbocycles. The van der Waals surface area contributed by atoms with Crippen LogP contribution in [0, 0.1) is 0 Å². The number of piperidine rings is 2. The van der Waals surface area contributed by atoms with Crippen LogP contribution in [-0.4, -0.2) is 62.3 Å². The summed E-state index contributed by atoms with van der Waals surface area (Å²) in [7, 11) is -16.5. The molecule has 2 fully saturated rings. The van der Waals surface area contributed by atoms with E-state index in [0.717, 1.165) is 0 Å². The van der Waals surface area contributed by atoms with Gasteiger partial charge in [-0.1, -0.05) is 13.8 Å². The average molecular weight is 574 g/mol. The first-order valence-corrected chi connectivity index (χ1v) is 15.3. The molecule has 2 nitrogen and oxygen atoms in total. The number of halogens is 12. The van der Waals surface area contributed by atoms with Crippen LogP contribution in [0.5, 0.6) is 0 Å². The number of rotatable bonds is 4. The third kappa shape index (κ3) is 39.2. The van der Waals surface area contributed by atoms with E-state index in [2.05, 4.69) is 27.9 Å². The molecule has 0 amide bonds. The van der Waals surface area contributed by atoms with E-state index in [1.807, 2.05) is 0 Å². The van der Waals surface area contributed by atoms with E-state index in [4.69, 9.17) is 0 Å². The molecular formula is C18H40F12N2P2. The molecule has 2 saturated heterocycles. The summed E-state index contributed by atoms with van der Waals surface area (Å²) in [5.41, 5.74) is 0. The summed E-state index contributed by atoms with van der Waals surface area (Å²) in [5.74, 6) is 0. The average Bonchev–Trinajstić information content (AvgIpc) is 2.51. The van der Waals surface area contributed by atoms with Crippen LogP contribution in [0.15, 0.2) is 0 Å². The van der Waals surface area contributed by atoms with Gasteiger partial charge in [0.1, 0.15) is 0 Å². The molecule has 0 saturated carbocycles. The summed E-state index contributed by atoms with van der Waals surface area (Å²) < 4.78 is 121. The molecule has 0 atom stereocenters. The molecule has 0 aromatic heterocycles. The van der Waals surface area contributed by atoms with Crippen molar-refractivity contribution >= 4 is 15.6 Å². The summed E-state index contributed by atoms with van der Waals surface area (Å²) in [4.78, 5) is 0. The van der Waals surface area contributed by atoms with Gasteiger partial charge in [-0.05, 0) is 51.4 Å². The molecule has 2 aliphatic heterocycles. The van der Waals surface area contributed by atoms with Crippen LogP contribution in [-0.2, 0) is 0 Å². The Morgan fingerprint density at radius 3 is 0.765 bits per heavy atom. The van der Waals surface area contributed by atoms with Gasteiger partial charge in [0.15, 0.2) is 0 Å². The Kier molecular flexibility index (Phi) is 11.4. The Hall–Kier alpha value is -0.0600. The summed E-state index contributed by atoms with van der Waals surface area (Å²) >= 11 is 0. The van der Waals surface area contributed by atoms with Gasteiger partial charge in [-0.25, -0.2) is 0 Å². The van der Waals surface area contributed by atoms with Gasteiger partial charge >= 0.3 is 66.0 Å². The van der Waals surface area contributed by atoms with Crippen molar-refractivity contribution in [2.75, 3.05) is 53.4 Å². The van der Waals surface area contributed by atoms with Crippen LogP contribution in [0.2, 0.25) is 0 Å². The van der Waals surface area contributed by atoms with E-state index in [0.29, 0.717) is 0 Å². The zero-order chi connectivity index (χ0) is 27.7.